The van der Waals surface area contributed by atoms with Gasteiger partial charge in [0.15, 0.2) is 5.82 Å². The summed E-state index contributed by atoms with van der Waals surface area (Å²) in [6.07, 6.45) is 6.81. The first-order chi connectivity index (χ1) is 12.5. The first-order valence-electron chi connectivity index (χ1n) is 8.34. The van der Waals surface area contributed by atoms with Crippen LogP contribution in [0.5, 0.6) is 0 Å². The molecule has 0 saturated carbocycles. The molecule has 0 unspecified atom stereocenters. The summed E-state index contributed by atoms with van der Waals surface area (Å²) in [5.74, 6) is 0.292. The summed E-state index contributed by atoms with van der Waals surface area (Å²) in [7, 11) is 0. The van der Waals surface area contributed by atoms with Crippen molar-refractivity contribution in [3.05, 3.63) is 70.6 Å². The molecule has 7 heteroatoms. The van der Waals surface area contributed by atoms with Crippen LogP contribution >= 0.6 is 11.6 Å². The lowest BCUT2D eigenvalue weighted by Gasteiger charge is -2.04. The van der Waals surface area contributed by atoms with Crippen molar-refractivity contribution in [2.45, 2.75) is 26.9 Å². The number of aryl methyl sites for hydroxylation is 2. The minimum absolute atomic E-state index is 0.231. The molecule has 3 aromatic rings. The van der Waals surface area contributed by atoms with E-state index in [0.29, 0.717) is 17.4 Å². The van der Waals surface area contributed by atoms with Gasteiger partial charge < -0.3 is 5.32 Å². The van der Waals surface area contributed by atoms with E-state index < -0.39 is 0 Å². The number of aromatic nitrogens is 4. The number of carbonyl (C=O) groups excluding carboxylic acids is 1. The number of nitrogens with zero attached hydrogens (tertiary/aromatic N) is 4. The van der Waals surface area contributed by atoms with Gasteiger partial charge in [0.25, 0.3) is 0 Å². The van der Waals surface area contributed by atoms with Crippen molar-refractivity contribution in [1.29, 1.82) is 0 Å². The van der Waals surface area contributed by atoms with Crippen LogP contribution in [-0.2, 0) is 17.9 Å². The first kappa shape index (κ1) is 17.9. The molecule has 3 rings (SSSR count). The molecule has 0 saturated heterocycles. The second-order valence-electron chi connectivity index (χ2n) is 5.91. The van der Waals surface area contributed by atoms with E-state index in [1.807, 2.05) is 55.1 Å². The van der Waals surface area contributed by atoms with Crippen molar-refractivity contribution in [3.63, 3.8) is 0 Å². The fourth-order valence-electron chi connectivity index (χ4n) is 2.47. The quantitative estimate of drug-likeness (QED) is 0.673. The molecule has 26 heavy (non-hydrogen) atoms. The maximum atomic E-state index is 12.1. The predicted molar refractivity (Wildman–Crippen MR) is 103 cm³/mol. The Morgan fingerprint density at radius 3 is 2.77 bits per heavy atom. The standard InChI is InChI=1S/C19H20ClN5O/c1-3-24-12-16(11-21-24)6-9-19(26)22-18-10-14(2)25(23-18)13-15-4-7-17(20)8-5-15/h4-12H,3,13H2,1-2H3,(H,22,23,26)/b9-6+. The summed E-state index contributed by atoms with van der Waals surface area (Å²) < 4.78 is 3.65. The summed E-state index contributed by atoms with van der Waals surface area (Å²) in [5.41, 5.74) is 2.93. The Morgan fingerprint density at radius 2 is 2.08 bits per heavy atom. The lowest BCUT2D eigenvalue weighted by atomic mass is 10.2. The monoisotopic (exact) mass is 369 g/mol. The molecule has 0 aliphatic rings. The highest BCUT2D eigenvalue weighted by Gasteiger charge is 2.07. The molecule has 0 aliphatic carbocycles. The van der Waals surface area contributed by atoms with Gasteiger partial charge in [0, 0.05) is 41.2 Å². The van der Waals surface area contributed by atoms with Crippen molar-refractivity contribution in [3.8, 4) is 0 Å². The number of carbonyl (C=O) groups is 1. The van der Waals surface area contributed by atoms with E-state index in [2.05, 4.69) is 15.5 Å². The van der Waals surface area contributed by atoms with Crippen LogP contribution in [0.25, 0.3) is 6.08 Å². The lowest BCUT2D eigenvalue weighted by Crippen LogP contribution is -2.09. The van der Waals surface area contributed by atoms with E-state index in [1.54, 1.807) is 17.0 Å². The Kier molecular flexibility index (Phi) is 5.53. The van der Waals surface area contributed by atoms with Crippen LogP contribution in [0.1, 0.15) is 23.7 Å². The van der Waals surface area contributed by atoms with E-state index in [4.69, 9.17) is 11.6 Å². The topological polar surface area (TPSA) is 64.7 Å². The number of nitrogens with one attached hydrogen (secondary N) is 1. The highest BCUT2D eigenvalue weighted by molar-refractivity contribution is 6.30. The van der Waals surface area contributed by atoms with Gasteiger partial charge >= 0.3 is 0 Å². The zero-order chi connectivity index (χ0) is 18.5. The minimum atomic E-state index is -0.231. The number of halogens is 1. The highest BCUT2D eigenvalue weighted by atomic mass is 35.5. The molecule has 0 bridgehead atoms. The van der Waals surface area contributed by atoms with Gasteiger partial charge in [-0.3, -0.25) is 14.2 Å². The van der Waals surface area contributed by atoms with Crippen LogP contribution in [0.4, 0.5) is 5.82 Å². The smallest absolute Gasteiger partial charge is 0.249 e. The van der Waals surface area contributed by atoms with E-state index in [0.717, 1.165) is 23.4 Å². The molecule has 134 valence electrons. The average Bonchev–Trinajstić information content (AvgIpc) is 3.22. The lowest BCUT2D eigenvalue weighted by molar-refractivity contribution is -0.111. The fourth-order valence-corrected chi connectivity index (χ4v) is 2.60. The molecule has 1 aromatic carbocycles. The highest BCUT2D eigenvalue weighted by Crippen LogP contribution is 2.14. The molecule has 2 aromatic heterocycles. The maximum absolute atomic E-state index is 12.1. The van der Waals surface area contributed by atoms with E-state index in [1.165, 1.54) is 6.08 Å². The molecule has 1 amide bonds. The largest absolute Gasteiger partial charge is 0.306 e. The van der Waals surface area contributed by atoms with Gasteiger partial charge in [-0.25, -0.2) is 0 Å². The number of amides is 1. The van der Waals surface area contributed by atoms with E-state index >= 15 is 0 Å². The van der Waals surface area contributed by atoms with Crippen LogP contribution in [0, 0.1) is 6.92 Å². The van der Waals surface area contributed by atoms with Gasteiger partial charge in [0.1, 0.15) is 0 Å². The maximum Gasteiger partial charge on any atom is 0.249 e. The van der Waals surface area contributed by atoms with Crippen molar-refractivity contribution in [2.24, 2.45) is 0 Å². The van der Waals surface area contributed by atoms with Crippen molar-refractivity contribution in [1.82, 2.24) is 19.6 Å². The van der Waals surface area contributed by atoms with Crippen molar-refractivity contribution < 1.29 is 4.79 Å². The van der Waals surface area contributed by atoms with Gasteiger partial charge in [0.05, 0.1) is 12.7 Å². The molecule has 1 N–H and O–H groups in total. The summed E-state index contributed by atoms with van der Waals surface area (Å²) in [5, 5.41) is 12.1. The van der Waals surface area contributed by atoms with Crippen LogP contribution in [0.15, 0.2) is 48.8 Å². The zero-order valence-corrected chi connectivity index (χ0v) is 15.4. The summed E-state index contributed by atoms with van der Waals surface area (Å²) in [6, 6.07) is 9.46. The van der Waals surface area contributed by atoms with E-state index in [9.17, 15) is 4.79 Å². The third-order valence-corrected chi connectivity index (χ3v) is 4.13. The molecular weight excluding hydrogens is 350 g/mol. The second-order valence-corrected chi connectivity index (χ2v) is 6.34. The molecule has 0 radical (unpaired) electrons. The Bertz CT molecular complexity index is 924. The van der Waals surface area contributed by atoms with Gasteiger partial charge in [0.2, 0.25) is 5.91 Å². The summed E-state index contributed by atoms with van der Waals surface area (Å²) in [4.78, 5) is 12.1. The second kappa shape index (κ2) is 8.01. The Morgan fingerprint density at radius 1 is 1.31 bits per heavy atom. The van der Waals surface area contributed by atoms with Gasteiger partial charge in [-0.2, -0.15) is 10.2 Å². The minimum Gasteiger partial charge on any atom is -0.306 e. The Balaban J connectivity index is 1.62. The molecular formula is C19H20ClN5O. The normalized spacial score (nSPS) is 11.2. The van der Waals surface area contributed by atoms with Crippen LogP contribution < -0.4 is 5.32 Å². The van der Waals surface area contributed by atoms with Crippen LogP contribution in [-0.4, -0.2) is 25.5 Å². The van der Waals surface area contributed by atoms with Crippen molar-refractivity contribution in [2.75, 3.05) is 5.32 Å². The summed E-state index contributed by atoms with van der Waals surface area (Å²) >= 11 is 5.91. The molecule has 0 spiro atoms. The molecule has 6 nitrogen and oxygen atoms in total. The number of hydrogen-bond donors (Lipinski definition) is 1. The SMILES string of the molecule is CCn1cc(/C=C/C(=O)Nc2cc(C)n(Cc3ccc(Cl)cc3)n2)cn1. The number of hydrogen-bond acceptors (Lipinski definition) is 3. The Hall–Kier alpha value is -2.86. The molecule has 0 fully saturated rings. The Labute approximate surface area is 157 Å². The number of anilines is 1. The molecule has 0 aliphatic heterocycles. The van der Waals surface area contributed by atoms with Crippen molar-refractivity contribution >= 4 is 29.4 Å². The fraction of sp³-hybridized carbons (Fsp3) is 0.211. The zero-order valence-electron chi connectivity index (χ0n) is 14.7. The van der Waals surface area contributed by atoms with Crippen LogP contribution in [0.3, 0.4) is 0 Å². The molecule has 2 heterocycles. The summed E-state index contributed by atoms with van der Waals surface area (Å²) in [6.45, 7) is 5.37. The first-order valence-corrected chi connectivity index (χ1v) is 8.71. The number of rotatable bonds is 6. The third kappa shape index (κ3) is 4.61. The molecule has 0 atom stereocenters. The number of benzene rings is 1. The van der Waals surface area contributed by atoms with Gasteiger partial charge in [-0.15, -0.1) is 0 Å². The van der Waals surface area contributed by atoms with E-state index in [-0.39, 0.29) is 5.91 Å². The van der Waals surface area contributed by atoms with Crippen LogP contribution in [0.2, 0.25) is 5.02 Å². The third-order valence-electron chi connectivity index (χ3n) is 3.88. The van der Waals surface area contributed by atoms with Gasteiger partial charge in [-0.1, -0.05) is 23.7 Å². The predicted octanol–water partition coefficient (Wildman–Crippen LogP) is 3.76. The van der Waals surface area contributed by atoms with Gasteiger partial charge in [-0.05, 0) is 37.6 Å². The average molecular weight is 370 g/mol.